The molecule has 0 aliphatic heterocycles. The summed E-state index contributed by atoms with van der Waals surface area (Å²) >= 11 is 0. The summed E-state index contributed by atoms with van der Waals surface area (Å²) in [5, 5.41) is 12.4. The highest BCUT2D eigenvalue weighted by Gasteiger charge is 2.23. The predicted octanol–water partition coefficient (Wildman–Crippen LogP) is 1.34. The average molecular weight is 194 g/mol. The Bertz CT molecular complexity index is 458. The SMILES string of the molecule is Cc1onc(-c2ncco2)c1C(=O)O. The van der Waals surface area contributed by atoms with Crippen LogP contribution in [0.4, 0.5) is 0 Å². The van der Waals surface area contributed by atoms with E-state index in [1.165, 1.54) is 19.4 Å². The maximum Gasteiger partial charge on any atom is 0.341 e. The van der Waals surface area contributed by atoms with Gasteiger partial charge in [0.1, 0.15) is 17.6 Å². The minimum absolute atomic E-state index is 0.0209. The third kappa shape index (κ3) is 1.17. The number of hydrogen-bond donors (Lipinski definition) is 1. The molecule has 0 radical (unpaired) electrons. The maximum atomic E-state index is 10.8. The summed E-state index contributed by atoms with van der Waals surface area (Å²) in [7, 11) is 0. The molecule has 2 heterocycles. The summed E-state index contributed by atoms with van der Waals surface area (Å²) < 4.78 is 9.68. The summed E-state index contributed by atoms with van der Waals surface area (Å²) in [6.07, 6.45) is 2.75. The van der Waals surface area contributed by atoms with Crippen LogP contribution in [0.3, 0.4) is 0 Å². The zero-order valence-electron chi connectivity index (χ0n) is 7.22. The van der Waals surface area contributed by atoms with Crippen molar-refractivity contribution >= 4 is 5.97 Å². The van der Waals surface area contributed by atoms with Gasteiger partial charge in [0.05, 0.1) is 6.20 Å². The Kier molecular flexibility index (Phi) is 1.81. The number of carboxylic acid groups (broad SMARTS) is 1. The minimum Gasteiger partial charge on any atom is -0.477 e. The Morgan fingerprint density at radius 2 is 2.36 bits per heavy atom. The monoisotopic (exact) mass is 194 g/mol. The van der Waals surface area contributed by atoms with E-state index in [4.69, 9.17) is 14.0 Å². The van der Waals surface area contributed by atoms with E-state index in [1.807, 2.05) is 0 Å². The predicted molar refractivity (Wildman–Crippen MR) is 43.7 cm³/mol. The summed E-state index contributed by atoms with van der Waals surface area (Å²) in [5.41, 5.74) is 0.0902. The first-order valence-corrected chi connectivity index (χ1v) is 3.79. The third-order valence-corrected chi connectivity index (χ3v) is 1.71. The second-order valence-electron chi connectivity index (χ2n) is 2.60. The lowest BCUT2D eigenvalue weighted by atomic mass is 10.2. The molecule has 0 amide bonds. The van der Waals surface area contributed by atoms with Crippen LogP contribution >= 0.6 is 0 Å². The highest BCUT2D eigenvalue weighted by atomic mass is 16.5. The van der Waals surface area contributed by atoms with E-state index in [1.54, 1.807) is 0 Å². The van der Waals surface area contributed by atoms with E-state index in [-0.39, 0.29) is 22.9 Å². The van der Waals surface area contributed by atoms with Gasteiger partial charge in [-0.05, 0) is 6.92 Å². The first kappa shape index (κ1) is 8.49. The van der Waals surface area contributed by atoms with E-state index in [0.29, 0.717) is 0 Å². The van der Waals surface area contributed by atoms with Crippen LogP contribution in [0, 0.1) is 6.92 Å². The summed E-state index contributed by atoms with van der Waals surface area (Å²) in [6.45, 7) is 1.52. The van der Waals surface area contributed by atoms with Crippen LogP contribution in [-0.2, 0) is 0 Å². The smallest absolute Gasteiger partial charge is 0.341 e. The summed E-state index contributed by atoms with van der Waals surface area (Å²) in [4.78, 5) is 14.6. The van der Waals surface area contributed by atoms with E-state index in [9.17, 15) is 4.79 Å². The molecule has 0 bridgehead atoms. The van der Waals surface area contributed by atoms with Crippen LogP contribution in [0.25, 0.3) is 11.6 Å². The molecule has 2 aromatic rings. The van der Waals surface area contributed by atoms with Gasteiger partial charge in [-0.2, -0.15) is 0 Å². The zero-order valence-corrected chi connectivity index (χ0v) is 7.22. The molecule has 2 aromatic heterocycles. The largest absolute Gasteiger partial charge is 0.477 e. The molecule has 0 atom stereocenters. The molecule has 0 fully saturated rings. The zero-order chi connectivity index (χ0) is 10.1. The molecule has 2 rings (SSSR count). The van der Waals surface area contributed by atoms with Crippen molar-refractivity contribution in [3.05, 3.63) is 23.8 Å². The van der Waals surface area contributed by atoms with Crippen LogP contribution in [0.5, 0.6) is 0 Å². The van der Waals surface area contributed by atoms with E-state index in [2.05, 4.69) is 10.1 Å². The number of aromatic carboxylic acids is 1. The van der Waals surface area contributed by atoms with Crippen molar-refractivity contribution < 1.29 is 18.8 Å². The van der Waals surface area contributed by atoms with Crippen LogP contribution in [0.2, 0.25) is 0 Å². The summed E-state index contributed by atoms with van der Waals surface area (Å²) in [6, 6.07) is 0. The van der Waals surface area contributed by atoms with E-state index >= 15 is 0 Å². The number of rotatable bonds is 2. The van der Waals surface area contributed by atoms with E-state index in [0.717, 1.165) is 0 Å². The Morgan fingerprint density at radius 3 is 2.93 bits per heavy atom. The standard InChI is InChI=1S/C8H6N2O4/c1-4-5(8(11)12)6(10-14-4)7-9-2-3-13-7/h2-3H,1H3,(H,11,12). The van der Waals surface area contributed by atoms with Gasteiger partial charge in [0, 0.05) is 0 Å². The molecule has 0 saturated heterocycles. The molecular weight excluding hydrogens is 188 g/mol. The van der Waals surface area contributed by atoms with Crippen LogP contribution in [-0.4, -0.2) is 21.2 Å². The molecule has 0 aliphatic rings. The molecule has 6 nitrogen and oxygen atoms in total. The lowest BCUT2D eigenvalue weighted by Crippen LogP contribution is -1.99. The molecule has 0 aliphatic carbocycles. The molecule has 0 saturated carbocycles. The van der Waals surface area contributed by atoms with Crippen molar-refractivity contribution in [1.29, 1.82) is 0 Å². The van der Waals surface area contributed by atoms with Gasteiger partial charge < -0.3 is 14.0 Å². The molecule has 0 unspecified atom stereocenters. The van der Waals surface area contributed by atoms with Crippen molar-refractivity contribution in [2.45, 2.75) is 6.92 Å². The Morgan fingerprint density at radius 1 is 1.57 bits per heavy atom. The molecule has 14 heavy (non-hydrogen) atoms. The molecular formula is C8H6N2O4. The number of aryl methyl sites for hydroxylation is 1. The maximum absolute atomic E-state index is 10.8. The fourth-order valence-corrected chi connectivity index (χ4v) is 1.11. The van der Waals surface area contributed by atoms with Gasteiger partial charge in [-0.25, -0.2) is 9.78 Å². The first-order chi connectivity index (χ1) is 6.70. The number of hydrogen-bond acceptors (Lipinski definition) is 5. The Hall–Kier alpha value is -2.11. The number of nitrogens with zero attached hydrogens (tertiary/aromatic N) is 2. The van der Waals surface area contributed by atoms with Gasteiger partial charge in [-0.1, -0.05) is 5.16 Å². The van der Waals surface area contributed by atoms with Crippen molar-refractivity contribution in [2.24, 2.45) is 0 Å². The molecule has 72 valence electrons. The normalized spacial score (nSPS) is 10.4. The van der Waals surface area contributed by atoms with E-state index < -0.39 is 5.97 Å². The van der Waals surface area contributed by atoms with Crippen LogP contribution in [0.15, 0.2) is 21.4 Å². The number of aromatic nitrogens is 2. The van der Waals surface area contributed by atoms with Crippen molar-refractivity contribution in [1.82, 2.24) is 10.1 Å². The third-order valence-electron chi connectivity index (χ3n) is 1.71. The van der Waals surface area contributed by atoms with Gasteiger partial charge >= 0.3 is 5.97 Å². The number of carboxylic acids is 1. The van der Waals surface area contributed by atoms with Crippen LogP contribution in [0.1, 0.15) is 16.1 Å². The van der Waals surface area contributed by atoms with Gasteiger partial charge in [0.25, 0.3) is 0 Å². The molecule has 0 spiro atoms. The lowest BCUT2D eigenvalue weighted by Gasteiger charge is -1.90. The first-order valence-electron chi connectivity index (χ1n) is 3.79. The number of oxazole rings is 1. The molecule has 6 heteroatoms. The van der Waals surface area contributed by atoms with Gasteiger partial charge in [0.15, 0.2) is 5.69 Å². The molecule has 1 N–H and O–H groups in total. The average Bonchev–Trinajstić information content (AvgIpc) is 2.70. The lowest BCUT2D eigenvalue weighted by molar-refractivity contribution is 0.0695. The second-order valence-corrected chi connectivity index (χ2v) is 2.60. The Labute approximate surface area is 78.2 Å². The van der Waals surface area contributed by atoms with Gasteiger partial charge in [-0.15, -0.1) is 0 Å². The second kappa shape index (κ2) is 2.99. The molecule has 0 aromatic carbocycles. The fourth-order valence-electron chi connectivity index (χ4n) is 1.11. The topological polar surface area (TPSA) is 89.4 Å². The quantitative estimate of drug-likeness (QED) is 0.775. The number of carbonyl (C=O) groups is 1. The van der Waals surface area contributed by atoms with Crippen LogP contribution < -0.4 is 0 Å². The highest BCUT2D eigenvalue weighted by Crippen LogP contribution is 2.23. The Balaban J connectivity index is 2.60. The summed E-state index contributed by atoms with van der Waals surface area (Å²) in [5.74, 6) is -0.748. The highest BCUT2D eigenvalue weighted by molar-refractivity contribution is 5.94. The van der Waals surface area contributed by atoms with Gasteiger partial charge in [-0.3, -0.25) is 0 Å². The van der Waals surface area contributed by atoms with Crippen molar-refractivity contribution in [3.8, 4) is 11.6 Å². The van der Waals surface area contributed by atoms with Crippen molar-refractivity contribution in [3.63, 3.8) is 0 Å². The van der Waals surface area contributed by atoms with Gasteiger partial charge in [0.2, 0.25) is 5.89 Å². The van der Waals surface area contributed by atoms with Crippen molar-refractivity contribution in [2.75, 3.05) is 0 Å². The minimum atomic E-state index is -1.11. The fraction of sp³-hybridized carbons (Fsp3) is 0.125.